The Bertz CT molecular complexity index is 404. The van der Waals surface area contributed by atoms with Crippen LogP contribution in [0, 0.1) is 0 Å². The topological polar surface area (TPSA) is 74.7 Å². The fraction of sp³-hybridized carbons (Fsp3) is 0.643. The molecule has 1 rings (SSSR count). The van der Waals surface area contributed by atoms with Gasteiger partial charge in [-0.15, -0.1) is 0 Å². The van der Waals surface area contributed by atoms with Crippen LogP contribution in [0.25, 0.3) is 0 Å². The van der Waals surface area contributed by atoms with E-state index < -0.39 is 5.72 Å². The first-order valence-corrected chi connectivity index (χ1v) is 6.32. The second-order valence-electron chi connectivity index (χ2n) is 5.73. The average molecular weight is 269 g/mol. The average Bonchev–Trinajstić information content (AvgIpc) is 2.72. The standard InChI is InChI=1S/C14H23NO4/c1-13(2,3)17-8-7-14(4,15)18-10-12-6-5-11(9-16)19-12/h5-6,9H,7-8,10,15H2,1-4H3. The summed E-state index contributed by atoms with van der Waals surface area (Å²) in [6.45, 7) is 8.52. The van der Waals surface area contributed by atoms with Gasteiger partial charge in [-0.2, -0.15) is 0 Å². The maximum Gasteiger partial charge on any atom is 0.185 e. The highest BCUT2D eigenvalue weighted by Gasteiger charge is 2.21. The van der Waals surface area contributed by atoms with E-state index in [1.54, 1.807) is 19.1 Å². The minimum atomic E-state index is -0.792. The van der Waals surface area contributed by atoms with Crippen molar-refractivity contribution in [1.29, 1.82) is 0 Å². The lowest BCUT2D eigenvalue weighted by Gasteiger charge is -2.27. The summed E-state index contributed by atoms with van der Waals surface area (Å²) in [6.07, 6.45) is 1.23. The molecular formula is C14H23NO4. The van der Waals surface area contributed by atoms with Gasteiger partial charge in [-0.25, -0.2) is 0 Å². The van der Waals surface area contributed by atoms with Crippen molar-refractivity contribution < 1.29 is 18.7 Å². The molecule has 5 heteroatoms. The minimum absolute atomic E-state index is 0.185. The van der Waals surface area contributed by atoms with Crippen LogP contribution in [0.15, 0.2) is 16.5 Å². The van der Waals surface area contributed by atoms with Crippen molar-refractivity contribution in [3.8, 4) is 0 Å². The van der Waals surface area contributed by atoms with Gasteiger partial charge in [0.1, 0.15) is 18.1 Å². The van der Waals surface area contributed by atoms with Crippen LogP contribution in [0.4, 0.5) is 0 Å². The number of furan rings is 1. The van der Waals surface area contributed by atoms with E-state index in [0.717, 1.165) is 0 Å². The molecular weight excluding hydrogens is 246 g/mol. The third-order valence-electron chi connectivity index (χ3n) is 2.48. The number of hydrogen-bond acceptors (Lipinski definition) is 5. The molecule has 0 saturated carbocycles. The highest BCUT2D eigenvalue weighted by atomic mass is 16.5. The van der Waals surface area contributed by atoms with Crippen LogP contribution in [-0.4, -0.2) is 24.2 Å². The van der Waals surface area contributed by atoms with Gasteiger partial charge in [0, 0.05) is 6.42 Å². The van der Waals surface area contributed by atoms with Crippen LogP contribution in [0.2, 0.25) is 0 Å². The molecule has 0 aliphatic carbocycles. The van der Waals surface area contributed by atoms with Crippen molar-refractivity contribution >= 4 is 6.29 Å². The van der Waals surface area contributed by atoms with Crippen molar-refractivity contribution in [1.82, 2.24) is 0 Å². The smallest absolute Gasteiger partial charge is 0.185 e. The Morgan fingerprint density at radius 3 is 2.47 bits per heavy atom. The zero-order chi connectivity index (χ0) is 14.5. The predicted molar refractivity (Wildman–Crippen MR) is 71.8 cm³/mol. The summed E-state index contributed by atoms with van der Waals surface area (Å²) >= 11 is 0. The van der Waals surface area contributed by atoms with Gasteiger partial charge in [0.05, 0.1) is 12.2 Å². The lowest BCUT2D eigenvalue weighted by atomic mass is 10.1. The molecule has 0 bridgehead atoms. The lowest BCUT2D eigenvalue weighted by molar-refractivity contribution is -0.0830. The third kappa shape index (κ3) is 6.52. The summed E-state index contributed by atoms with van der Waals surface area (Å²) in [7, 11) is 0. The van der Waals surface area contributed by atoms with E-state index in [1.807, 2.05) is 20.8 Å². The fourth-order valence-electron chi connectivity index (χ4n) is 1.40. The zero-order valence-corrected chi connectivity index (χ0v) is 12.1. The molecule has 1 unspecified atom stereocenters. The van der Waals surface area contributed by atoms with E-state index in [2.05, 4.69) is 0 Å². The number of nitrogens with two attached hydrogens (primary N) is 1. The van der Waals surface area contributed by atoms with Crippen LogP contribution in [0.1, 0.15) is 50.4 Å². The van der Waals surface area contributed by atoms with E-state index in [0.29, 0.717) is 25.1 Å². The van der Waals surface area contributed by atoms with E-state index in [1.165, 1.54) is 0 Å². The van der Waals surface area contributed by atoms with E-state index in [9.17, 15) is 4.79 Å². The van der Waals surface area contributed by atoms with E-state index in [4.69, 9.17) is 19.6 Å². The van der Waals surface area contributed by atoms with Crippen LogP contribution >= 0.6 is 0 Å². The normalized spacial score (nSPS) is 15.2. The molecule has 0 spiro atoms. The van der Waals surface area contributed by atoms with Crippen LogP contribution < -0.4 is 5.73 Å². The van der Waals surface area contributed by atoms with Crippen molar-refractivity contribution in [2.75, 3.05) is 6.61 Å². The predicted octanol–water partition coefficient (Wildman–Crippen LogP) is 2.49. The Morgan fingerprint density at radius 2 is 1.95 bits per heavy atom. The molecule has 1 heterocycles. The second kappa shape index (κ2) is 6.32. The molecule has 2 N–H and O–H groups in total. The van der Waals surface area contributed by atoms with Crippen LogP contribution in [0.5, 0.6) is 0 Å². The largest absolute Gasteiger partial charge is 0.456 e. The number of aldehydes is 1. The zero-order valence-electron chi connectivity index (χ0n) is 12.1. The SMILES string of the molecule is CC(C)(C)OCCC(C)(N)OCc1ccc(C=O)o1. The summed E-state index contributed by atoms with van der Waals surface area (Å²) in [6, 6.07) is 3.30. The second-order valence-corrected chi connectivity index (χ2v) is 5.73. The van der Waals surface area contributed by atoms with E-state index in [-0.39, 0.29) is 18.0 Å². The maximum absolute atomic E-state index is 10.5. The molecule has 1 aromatic heterocycles. The van der Waals surface area contributed by atoms with Crippen molar-refractivity contribution in [3.63, 3.8) is 0 Å². The Kier molecular flexibility index (Phi) is 5.29. The van der Waals surface area contributed by atoms with Gasteiger partial charge in [0.15, 0.2) is 12.0 Å². The quantitative estimate of drug-likeness (QED) is 0.608. The summed E-state index contributed by atoms with van der Waals surface area (Å²) < 4.78 is 16.4. The molecule has 0 radical (unpaired) electrons. The molecule has 0 amide bonds. The first-order chi connectivity index (χ1) is 8.72. The molecule has 0 fully saturated rings. The van der Waals surface area contributed by atoms with Gasteiger partial charge in [-0.05, 0) is 39.8 Å². The molecule has 1 atom stereocenters. The Balaban J connectivity index is 2.35. The first-order valence-electron chi connectivity index (χ1n) is 6.32. The van der Waals surface area contributed by atoms with Gasteiger partial charge >= 0.3 is 0 Å². The lowest BCUT2D eigenvalue weighted by Crippen LogP contribution is -2.41. The number of hydrogen-bond donors (Lipinski definition) is 1. The molecule has 1 aromatic rings. The summed E-state index contributed by atoms with van der Waals surface area (Å²) in [4.78, 5) is 10.5. The monoisotopic (exact) mass is 269 g/mol. The van der Waals surface area contributed by atoms with E-state index >= 15 is 0 Å². The van der Waals surface area contributed by atoms with Crippen molar-refractivity contribution in [2.45, 2.75) is 52.0 Å². The molecule has 5 nitrogen and oxygen atoms in total. The van der Waals surface area contributed by atoms with Gasteiger partial charge in [-0.3, -0.25) is 4.79 Å². The molecule has 0 aliphatic heterocycles. The van der Waals surface area contributed by atoms with Gasteiger partial charge in [0.25, 0.3) is 0 Å². The summed E-state index contributed by atoms with van der Waals surface area (Å²) in [5, 5.41) is 0. The van der Waals surface area contributed by atoms with Gasteiger partial charge in [0.2, 0.25) is 0 Å². The Labute approximate surface area is 114 Å². The number of ether oxygens (including phenoxy) is 2. The number of carbonyl (C=O) groups excluding carboxylic acids is 1. The van der Waals surface area contributed by atoms with Gasteiger partial charge < -0.3 is 19.6 Å². The Morgan fingerprint density at radius 1 is 1.26 bits per heavy atom. The summed E-state index contributed by atoms with van der Waals surface area (Å²) in [5.74, 6) is 0.865. The van der Waals surface area contributed by atoms with Gasteiger partial charge in [-0.1, -0.05) is 0 Å². The maximum atomic E-state index is 10.5. The first kappa shape index (κ1) is 15.9. The highest BCUT2D eigenvalue weighted by Crippen LogP contribution is 2.16. The van der Waals surface area contributed by atoms with Crippen LogP contribution in [-0.2, 0) is 16.1 Å². The molecule has 0 aromatic carbocycles. The number of carbonyl (C=O) groups is 1. The summed E-state index contributed by atoms with van der Waals surface area (Å²) in [5.41, 5.74) is 5.04. The third-order valence-corrected chi connectivity index (χ3v) is 2.48. The Hall–Kier alpha value is -1.17. The number of rotatable bonds is 7. The highest BCUT2D eigenvalue weighted by molar-refractivity contribution is 5.70. The molecule has 108 valence electrons. The molecule has 0 saturated heterocycles. The van der Waals surface area contributed by atoms with Crippen LogP contribution in [0.3, 0.4) is 0 Å². The molecule has 19 heavy (non-hydrogen) atoms. The fourth-order valence-corrected chi connectivity index (χ4v) is 1.40. The van der Waals surface area contributed by atoms with Crippen molar-refractivity contribution in [3.05, 3.63) is 23.7 Å². The minimum Gasteiger partial charge on any atom is -0.456 e. The van der Waals surface area contributed by atoms with Crippen molar-refractivity contribution in [2.24, 2.45) is 5.73 Å². The molecule has 0 aliphatic rings.